The van der Waals surface area contributed by atoms with Gasteiger partial charge in [-0.2, -0.15) is 10.4 Å². The Balaban J connectivity index is 2.08. The van der Waals surface area contributed by atoms with E-state index < -0.39 is 15.8 Å². The number of sulfone groups is 1. The third kappa shape index (κ3) is 3.98. The van der Waals surface area contributed by atoms with Gasteiger partial charge in [-0.15, -0.1) is 0 Å². The minimum Gasteiger partial charge on any atom is -0.462 e. The van der Waals surface area contributed by atoms with Crippen molar-refractivity contribution in [2.24, 2.45) is 0 Å². The van der Waals surface area contributed by atoms with E-state index in [9.17, 15) is 18.5 Å². The van der Waals surface area contributed by atoms with Gasteiger partial charge in [-0.1, -0.05) is 11.6 Å². The van der Waals surface area contributed by atoms with Gasteiger partial charge in [0.2, 0.25) is 0 Å². The second-order valence-corrected chi connectivity index (χ2v) is 8.43. The summed E-state index contributed by atoms with van der Waals surface area (Å²) in [7, 11) is -3.55. The summed E-state index contributed by atoms with van der Waals surface area (Å²) in [5.74, 6) is -0.642. The molecule has 1 aromatic carbocycles. The third-order valence-corrected chi connectivity index (χ3v) is 5.20. The molecule has 0 radical (unpaired) electrons. The number of pyridine rings is 1. The van der Waals surface area contributed by atoms with Crippen LogP contribution in [0.1, 0.15) is 28.5 Å². The van der Waals surface area contributed by atoms with E-state index in [0.29, 0.717) is 21.5 Å². The number of hydrogen-bond acceptors (Lipinski definition) is 7. The predicted octanol–water partition coefficient (Wildman–Crippen LogP) is 2.58. The largest absolute Gasteiger partial charge is 0.462 e. The third-order valence-electron chi connectivity index (χ3n) is 3.88. The lowest BCUT2D eigenvalue weighted by Gasteiger charge is -2.09. The summed E-state index contributed by atoms with van der Waals surface area (Å²) in [5, 5.41) is 14.2. The zero-order valence-electron chi connectivity index (χ0n) is 15.0. The van der Waals surface area contributed by atoms with Crippen LogP contribution < -0.4 is 0 Å². The maximum atomic E-state index is 12.2. The van der Waals surface area contributed by atoms with Crippen molar-refractivity contribution in [1.82, 2.24) is 14.8 Å². The van der Waals surface area contributed by atoms with E-state index in [0.717, 1.165) is 6.26 Å². The highest BCUT2D eigenvalue weighted by Crippen LogP contribution is 2.26. The first kappa shape index (κ1) is 19.8. The van der Waals surface area contributed by atoms with Gasteiger partial charge in [0.05, 0.1) is 28.6 Å². The predicted molar refractivity (Wildman–Crippen MR) is 102 cm³/mol. The maximum Gasteiger partial charge on any atom is 0.342 e. The number of halogens is 1. The molecular weight excluding hydrogens is 404 g/mol. The standard InChI is InChI=1S/C18H15ClN4O4S/c1-3-27-18(24)14-10-23(22-15(14)7-20)9-11-4-12-6-13(19)8-21-17(12)16(5-11)28(2,25)26/h4-6,8,10H,3,9H2,1-2H3. The molecule has 0 N–H and O–H groups in total. The number of nitrogens with zero attached hydrogens (tertiary/aromatic N) is 4. The fourth-order valence-corrected chi connectivity index (χ4v) is 3.81. The maximum absolute atomic E-state index is 12.2. The molecule has 144 valence electrons. The van der Waals surface area contributed by atoms with Crippen molar-refractivity contribution >= 4 is 38.3 Å². The van der Waals surface area contributed by atoms with Crippen molar-refractivity contribution in [3.63, 3.8) is 0 Å². The Morgan fingerprint density at radius 3 is 2.75 bits per heavy atom. The van der Waals surface area contributed by atoms with E-state index in [2.05, 4.69) is 10.1 Å². The average Bonchev–Trinajstić information content (AvgIpc) is 3.03. The van der Waals surface area contributed by atoms with Crippen LogP contribution in [-0.4, -0.2) is 42.0 Å². The number of nitriles is 1. The van der Waals surface area contributed by atoms with Gasteiger partial charge in [-0.25, -0.2) is 13.2 Å². The zero-order valence-corrected chi connectivity index (χ0v) is 16.6. The Morgan fingerprint density at radius 1 is 1.36 bits per heavy atom. The van der Waals surface area contributed by atoms with Gasteiger partial charge in [0.15, 0.2) is 15.5 Å². The molecule has 28 heavy (non-hydrogen) atoms. The molecule has 0 fully saturated rings. The molecule has 3 aromatic rings. The van der Waals surface area contributed by atoms with Crippen LogP contribution in [0.25, 0.3) is 10.9 Å². The first-order valence-electron chi connectivity index (χ1n) is 8.16. The normalized spacial score (nSPS) is 11.4. The molecule has 0 atom stereocenters. The van der Waals surface area contributed by atoms with Crippen molar-refractivity contribution in [1.29, 1.82) is 5.26 Å². The molecule has 3 rings (SSSR count). The van der Waals surface area contributed by atoms with Crippen LogP contribution in [0.3, 0.4) is 0 Å². The fourth-order valence-electron chi connectivity index (χ4n) is 2.75. The lowest BCUT2D eigenvalue weighted by molar-refractivity contribution is 0.0526. The lowest BCUT2D eigenvalue weighted by Crippen LogP contribution is -2.06. The highest BCUT2D eigenvalue weighted by molar-refractivity contribution is 7.91. The number of fused-ring (bicyclic) bond motifs is 1. The summed E-state index contributed by atoms with van der Waals surface area (Å²) in [5.41, 5.74) is 0.908. The van der Waals surface area contributed by atoms with Crippen LogP contribution in [0.2, 0.25) is 5.02 Å². The molecule has 0 aliphatic rings. The fraction of sp³-hybridized carbons (Fsp3) is 0.222. The first-order valence-corrected chi connectivity index (χ1v) is 10.4. The number of esters is 1. The van der Waals surface area contributed by atoms with Crippen molar-refractivity contribution in [3.05, 3.63) is 52.4 Å². The number of aromatic nitrogens is 3. The highest BCUT2D eigenvalue weighted by Gasteiger charge is 2.19. The quantitative estimate of drug-likeness (QED) is 0.584. The smallest absolute Gasteiger partial charge is 0.342 e. The van der Waals surface area contributed by atoms with Gasteiger partial charge in [-0.3, -0.25) is 9.67 Å². The van der Waals surface area contributed by atoms with Gasteiger partial charge in [0.1, 0.15) is 11.6 Å². The van der Waals surface area contributed by atoms with E-state index in [1.807, 2.05) is 6.07 Å². The summed E-state index contributed by atoms with van der Waals surface area (Å²) in [4.78, 5) is 16.2. The van der Waals surface area contributed by atoms with E-state index >= 15 is 0 Å². The Bertz CT molecular complexity index is 1230. The summed E-state index contributed by atoms with van der Waals surface area (Å²) in [6, 6.07) is 6.71. The highest BCUT2D eigenvalue weighted by atomic mass is 35.5. The number of ether oxygens (including phenoxy) is 1. The van der Waals surface area contributed by atoms with Crippen molar-refractivity contribution in [2.75, 3.05) is 12.9 Å². The molecule has 10 heteroatoms. The molecule has 0 aliphatic heterocycles. The van der Waals surface area contributed by atoms with Crippen LogP contribution in [0, 0.1) is 11.3 Å². The molecule has 0 amide bonds. The van der Waals surface area contributed by atoms with Gasteiger partial charge in [-0.05, 0) is 30.7 Å². The molecule has 2 heterocycles. The van der Waals surface area contributed by atoms with Gasteiger partial charge >= 0.3 is 5.97 Å². The second-order valence-electron chi connectivity index (χ2n) is 6.01. The lowest BCUT2D eigenvalue weighted by atomic mass is 10.1. The minimum absolute atomic E-state index is 0.0539. The number of rotatable bonds is 5. The van der Waals surface area contributed by atoms with E-state index in [1.165, 1.54) is 23.1 Å². The van der Waals surface area contributed by atoms with Crippen LogP contribution in [0.15, 0.2) is 35.5 Å². The Hall–Kier alpha value is -2.96. The second kappa shape index (κ2) is 7.58. The van der Waals surface area contributed by atoms with Crippen molar-refractivity contribution < 1.29 is 17.9 Å². The topological polar surface area (TPSA) is 115 Å². The van der Waals surface area contributed by atoms with E-state index in [1.54, 1.807) is 19.1 Å². The molecule has 0 saturated carbocycles. The molecule has 2 aromatic heterocycles. The molecule has 8 nitrogen and oxygen atoms in total. The number of carbonyl (C=O) groups is 1. The molecule has 0 unspecified atom stereocenters. The van der Waals surface area contributed by atoms with Crippen molar-refractivity contribution in [3.8, 4) is 6.07 Å². The molecule has 0 saturated heterocycles. The van der Waals surface area contributed by atoms with Crippen LogP contribution in [0.4, 0.5) is 0 Å². The van der Waals surface area contributed by atoms with Crippen molar-refractivity contribution in [2.45, 2.75) is 18.4 Å². The van der Waals surface area contributed by atoms with E-state index in [4.69, 9.17) is 16.3 Å². The summed E-state index contributed by atoms with van der Waals surface area (Å²) in [6.07, 6.45) is 3.88. The SMILES string of the molecule is CCOC(=O)c1cn(Cc2cc(S(C)(=O)=O)c3ncc(Cl)cc3c2)nc1C#N. The minimum atomic E-state index is -3.55. The van der Waals surface area contributed by atoms with Crippen LogP contribution in [0.5, 0.6) is 0 Å². The Labute approximate surface area is 166 Å². The number of hydrogen-bond donors (Lipinski definition) is 0. The Kier molecular flexibility index (Phi) is 5.36. The van der Waals surface area contributed by atoms with Gasteiger partial charge < -0.3 is 4.74 Å². The first-order chi connectivity index (χ1) is 13.2. The average molecular weight is 419 g/mol. The number of benzene rings is 1. The monoisotopic (exact) mass is 418 g/mol. The zero-order chi connectivity index (χ0) is 20.5. The van der Waals surface area contributed by atoms with E-state index in [-0.39, 0.29) is 29.3 Å². The van der Waals surface area contributed by atoms with Crippen LogP contribution in [-0.2, 0) is 21.1 Å². The summed E-state index contributed by atoms with van der Waals surface area (Å²) >= 11 is 5.99. The Morgan fingerprint density at radius 2 is 2.11 bits per heavy atom. The molecular formula is C18H15ClN4O4S. The number of carbonyl (C=O) groups excluding carboxylic acids is 1. The molecule has 0 aliphatic carbocycles. The molecule has 0 spiro atoms. The van der Waals surface area contributed by atoms with Gasteiger partial charge in [0.25, 0.3) is 0 Å². The molecule has 0 bridgehead atoms. The summed E-state index contributed by atoms with van der Waals surface area (Å²) in [6.45, 7) is 1.97. The van der Waals surface area contributed by atoms with Gasteiger partial charge in [0, 0.05) is 24.0 Å². The van der Waals surface area contributed by atoms with Crippen LogP contribution >= 0.6 is 11.6 Å². The summed E-state index contributed by atoms with van der Waals surface area (Å²) < 4.78 is 30.7.